The molecule has 1 atom stereocenters. The van der Waals surface area contributed by atoms with Gasteiger partial charge < -0.3 is 11.1 Å². The van der Waals surface area contributed by atoms with E-state index in [0.717, 1.165) is 0 Å². The van der Waals surface area contributed by atoms with E-state index < -0.39 is 0 Å². The molecule has 1 aromatic rings. The van der Waals surface area contributed by atoms with Crippen molar-refractivity contribution in [2.24, 2.45) is 11.7 Å². The van der Waals surface area contributed by atoms with Gasteiger partial charge in [-0.3, -0.25) is 4.79 Å². The number of halogens is 2. The fourth-order valence-electron chi connectivity index (χ4n) is 1.05. The second-order valence-corrected chi connectivity index (χ2v) is 4.16. The molecule has 0 aliphatic carbocycles. The van der Waals surface area contributed by atoms with Gasteiger partial charge in [0.25, 0.3) is 0 Å². The van der Waals surface area contributed by atoms with E-state index >= 15 is 0 Å². The summed E-state index contributed by atoms with van der Waals surface area (Å²) in [7, 11) is 0. The zero-order chi connectivity index (χ0) is 12.1. The Morgan fingerprint density at radius 1 is 1.56 bits per heavy atom. The molecule has 0 spiro atoms. The Hall–Kier alpha value is -0.910. The molecule has 0 radical (unpaired) electrons. The average Bonchev–Trinajstić information content (AvgIpc) is 2.15. The number of carbonyl (C=O) groups is 1. The molecule has 1 heterocycles. The van der Waals surface area contributed by atoms with Crippen LogP contribution in [0.5, 0.6) is 0 Å². The highest BCUT2D eigenvalue weighted by molar-refractivity contribution is 6.32. The van der Waals surface area contributed by atoms with Gasteiger partial charge in [-0.1, -0.05) is 18.5 Å². The Morgan fingerprint density at radius 2 is 2.25 bits per heavy atom. The number of hydrogen-bond donors (Lipinski definition) is 2. The van der Waals surface area contributed by atoms with Crippen LogP contribution < -0.4 is 11.1 Å². The van der Waals surface area contributed by atoms with Crippen LogP contribution in [0.25, 0.3) is 0 Å². The molecule has 0 aromatic carbocycles. The zero-order valence-corrected chi connectivity index (χ0v) is 10.2. The summed E-state index contributed by atoms with van der Waals surface area (Å²) in [6.45, 7) is 2.35. The molecule has 88 valence electrons. The number of amides is 1. The summed E-state index contributed by atoms with van der Waals surface area (Å²) >= 11 is 11.2. The maximum atomic E-state index is 11.5. The molecular formula is C9H12Cl2N4O. The lowest BCUT2D eigenvalue weighted by Gasteiger charge is -2.08. The summed E-state index contributed by atoms with van der Waals surface area (Å²) in [5.41, 5.74) is 5.41. The fourth-order valence-corrected chi connectivity index (χ4v) is 1.46. The monoisotopic (exact) mass is 262 g/mol. The van der Waals surface area contributed by atoms with Crippen molar-refractivity contribution in [2.45, 2.75) is 13.3 Å². The molecular weight excluding hydrogens is 251 g/mol. The number of anilines is 1. The van der Waals surface area contributed by atoms with Crippen LogP contribution in [0.15, 0.2) is 6.07 Å². The summed E-state index contributed by atoms with van der Waals surface area (Å²) in [4.78, 5) is 19.0. The Balaban J connectivity index is 2.62. The molecule has 0 saturated carbocycles. The van der Waals surface area contributed by atoms with Crippen LogP contribution in [0.3, 0.4) is 0 Å². The van der Waals surface area contributed by atoms with E-state index in [-0.39, 0.29) is 22.3 Å². The van der Waals surface area contributed by atoms with Gasteiger partial charge in [0.1, 0.15) is 11.0 Å². The van der Waals surface area contributed by atoms with Crippen molar-refractivity contribution >= 4 is 34.9 Å². The van der Waals surface area contributed by atoms with Crippen LogP contribution in [0, 0.1) is 5.92 Å². The maximum absolute atomic E-state index is 11.5. The van der Waals surface area contributed by atoms with Crippen molar-refractivity contribution in [1.29, 1.82) is 0 Å². The molecule has 0 bridgehead atoms. The van der Waals surface area contributed by atoms with Gasteiger partial charge in [-0.2, -0.15) is 0 Å². The lowest BCUT2D eigenvalue weighted by molar-refractivity contribution is -0.116. The van der Waals surface area contributed by atoms with Crippen molar-refractivity contribution in [1.82, 2.24) is 9.97 Å². The van der Waals surface area contributed by atoms with Crippen molar-refractivity contribution < 1.29 is 4.79 Å². The van der Waals surface area contributed by atoms with E-state index in [2.05, 4.69) is 15.3 Å². The van der Waals surface area contributed by atoms with Crippen LogP contribution in [-0.4, -0.2) is 22.4 Å². The van der Waals surface area contributed by atoms with E-state index in [9.17, 15) is 4.79 Å². The molecule has 16 heavy (non-hydrogen) atoms. The van der Waals surface area contributed by atoms with Gasteiger partial charge in [-0.15, -0.1) is 0 Å². The van der Waals surface area contributed by atoms with Crippen LogP contribution in [0.1, 0.15) is 13.3 Å². The highest BCUT2D eigenvalue weighted by Crippen LogP contribution is 2.14. The second-order valence-electron chi connectivity index (χ2n) is 3.44. The van der Waals surface area contributed by atoms with E-state index in [1.54, 1.807) is 0 Å². The predicted octanol–water partition coefficient (Wildman–Crippen LogP) is 1.71. The van der Waals surface area contributed by atoms with Gasteiger partial charge in [0, 0.05) is 12.5 Å². The van der Waals surface area contributed by atoms with Gasteiger partial charge >= 0.3 is 0 Å². The summed E-state index contributed by atoms with van der Waals surface area (Å²) in [5.74, 6) is 0.232. The Labute approximate surface area is 103 Å². The topological polar surface area (TPSA) is 80.9 Å². The minimum Gasteiger partial charge on any atom is -0.330 e. The van der Waals surface area contributed by atoms with E-state index in [4.69, 9.17) is 28.9 Å². The smallest absolute Gasteiger partial charge is 0.225 e. The minimum atomic E-state index is -0.177. The lowest BCUT2D eigenvalue weighted by atomic mass is 10.1. The van der Waals surface area contributed by atoms with Crippen LogP contribution in [-0.2, 0) is 4.79 Å². The third-order valence-electron chi connectivity index (χ3n) is 1.87. The Bertz CT molecular complexity index is 366. The Kier molecular flexibility index (Phi) is 4.92. The van der Waals surface area contributed by atoms with Gasteiger partial charge in [0.2, 0.25) is 11.2 Å². The third-order valence-corrected chi connectivity index (χ3v) is 2.23. The number of rotatable bonds is 4. The molecule has 0 aliphatic heterocycles. The largest absolute Gasteiger partial charge is 0.330 e. The third kappa shape index (κ3) is 4.30. The van der Waals surface area contributed by atoms with Crippen molar-refractivity contribution in [3.8, 4) is 0 Å². The van der Waals surface area contributed by atoms with E-state index in [1.165, 1.54) is 6.07 Å². The second kappa shape index (κ2) is 5.98. The SMILES string of the molecule is CC(CN)CC(=O)Nc1cc(Cl)nc(Cl)n1. The fraction of sp³-hybridized carbons (Fsp3) is 0.444. The highest BCUT2D eigenvalue weighted by Gasteiger charge is 2.09. The molecule has 0 saturated heterocycles. The summed E-state index contributed by atoms with van der Waals surface area (Å²) in [5, 5.41) is 2.75. The minimum absolute atomic E-state index is 0.00493. The maximum Gasteiger partial charge on any atom is 0.225 e. The van der Waals surface area contributed by atoms with Crippen molar-refractivity contribution in [2.75, 3.05) is 11.9 Å². The molecule has 3 N–H and O–H groups in total. The van der Waals surface area contributed by atoms with Gasteiger partial charge in [0.15, 0.2) is 0 Å². The average molecular weight is 263 g/mol. The zero-order valence-electron chi connectivity index (χ0n) is 8.70. The molecule has 1 aromatic heterocycles. The predicted molar refractivity (Wildman–Crippen MR) is 63.5 cm³/mol. The summed E-state index contributed by atoms with van der Waals surface area (Å²) in [6, 6.07) is 1.43. The number of hydrogen-bond acceptors (Lipinski definition) is 4. The van der Waals surface area contributed by atoms with Gasteiger partial charge in [-0.05, 0) is 24.1 Å². The van der Waals surface area contributed by atoms with Crippen LogP contribution in [0.4, 0.5) is 5.82 Å². The number of carbonyl (C=O) groups excluding carboxylic acids is 1. The normalized spacial score (nSPS) is 12.2. The number of nitrogens with two attached hydrogens (primary N) is 1. The molecule has 0 fully saturated rings. The standard InChI is InChI=1S/C9H12Cl2N4O/c1-5(4-12)2-8(16)14-7-3-6(10)13-9(11)15-7/h3,5H,2,4,12H2,1H3,(H,13,14,15,16). The first-order valence-corrected chi connectivity index (χ1v) is 5.47. The van der Waals surface area contributed by atoms with Crippen LogP contribution in [0.2, 0.25) is 10.4 Å². The van der Waals surface area contributed by atoms with Crippen molar-refractivity contribution in [3.05, 3.63) is 16.5 Å². The first-order valence-electron chi connectivity index (χ1n) is 4.71. The first kappa shape index (κ1) is 13.2. The quantitative estimate of drug-likeness (QED) is 0.640. The summed E-state index contributed by atoms with van der Waals surface area (Å²) in [6.07, 6.45) is 0.329. The van der Waals surface area contributed by atoms with Gasteiger partial charge in [0.05, 0.1) is 0 Å². The van der Waals surface area contributed by atoms with E-state index in [1.807, 2.05) is 6.92 Å². The molecule has 1 rings (SSSR count). The van der Waals surface area contributed by atoms with Gasteiger partial charge in [-0.25, -0.2) is 9.97 Å². The van der Waals surface area contributed by atoms with Crippen molar-refractivity contribution in [3.63, 3.8) is 0 Å². The molecule has 1 unspecified atom stereocenters. The number of nitrogens with zero attached hydrogens (tertiary/aromatic N) is 2. The lowest BCUT2D eigenvalue weighted by Crippen LogP contribution is -2.20. The summed E-state index contributed by atoms with van der Waals surface area (Å²) < 4.78 is 0. The molecule has 7 heteroatoms. The number of aromatic nitrogens is 2. The molecule has 5 nitrogen and oxygen atoms in total. The Morgan fingerprint density at radius 3 is 2.81 bits per heavy atom. The molecule has 1 amide bonds. The van der Waals surface area contributed by atoms with Crippen LogP contribution >= 0.6 is 23.2 Å². The first-order chi connectivity index (χ1) is 7.51. The highest BCUT2D eigenvalue weighted by atomic mass is 35.5. The number of nitrogens with one attached hydrogen (secondary N) is 1. The van der Waals surface area contributed by atoms with E-state index in [0.29, 0.717) is 18.8 Å². The molecule has 0 aliphatic rings.